The molecule has 3 atom stereocenters. The van der Waals surface area contributed by atoms with Crippen molar-refractivity contribution in [2.24, 2.45) is 5.92 Å². The Morgan fingerprint density at radius 1 is 1.29 bits per heavy atom. The third-order valence-electron chi connectivity index (χ3n) is 4.17. The van der Waals surface area contributed by atoms with Crippen LogP contribution in [0, 0.1) is 11.7 Å². The highest BCUT2D eigenvalue weighted by Gasteiger charge is 2.46. The average molecular weight is 233 g/mol. The Bertz CT molecular complexity index is 442. The van der Waals surface area contributed by atoms with Crippen molar-refractivity contribution in [2.45, 2.75) is 38.3 Å². The predicted molar refractivity (Wildman–Crippen MR) is 62.8 cm³/mol. The average Bonchev–Trinajstić information content (AvgIpc) is 2.89. The van der Waals surface area contributed by atoms with Gasteiger partial charge in [-0.2, -0.15) is 0 Å². The van der Waals surface area contributed by atoms with Crippen LogP contribution < -0.4 is 0 Å². The summed E-state index contributed by atoms with van der Waals surface area (Å²) in [7, 11) is 0. The lowest BCUT2D eigenvalue weighted by atomic mass is 10.0. The molecule has 2 fully saturated rings. The largest absolute Gasteiger partial charge is 0.333 e. The first-order valence-corrected chi connectivity index (χ1v) is 6.24. The molecule has 0 aromatic heterocycles. The zero-order valence-electron chi connectivity index (χ0n) is 9.90. The fourth-order valence-corrected chi connectivity index (χ4v) is 3.23. The van der Waals surface area contributed by atoms with Crippen LogP contribution in [0.5, 0.6) is 0 Å². The van der Waals surface area contributed by atoms with E-state index in [1.807, 2.05) is 11.8 Å². The normalized spacial score (nSPS) is 28.8. The molecule has 3 rings (SSSR count). The molecule has 3 heteroatoms. The number of rotatable bonds is 2. The number of hydrogen-bond donors (Lipinski definition) is 0. The van der Waals surface area contributed by atoms with E-state index >= 15 is 0 Å². The quantitative estimate of drug-likeness (QED) is 0.769. The van der Waals surface area contributed by atoms with E-state index < -0.39 is 0 Å². The van der Waals surface area contributed by atoms with Crippen LogP contribution in [0.3, 0.4) is 0 Å². The number of nitrogens with zero attached hydrogens (tertiary/aromatic N) is 1. The van der Waals surface area contributed by atoms with E-state index in [9.17, 15) is 9.18 Å². The van der Waals surface area contributed by atoms with E-state index in [4.69, 9.17) is 0 Å². The molecule has 0 radical (unpaired) electrons. The summed E-state index contributed by atoms with van der Waals surface area (Å²) in [5, 5.41) is 0. The summed E-state index contributed by atoms with van der Waals surface area (Å²) in [6.07, 6.45) is 3.20. The zero-order chi connectivity index (χ0) is 12.0. The molecular weight excluding hydrogens is 217 g/mol. The van der Waals surface area contributed by atoms with Gasteiger partial charge >= 0.3 is 0 Å². The highest BCUT2D eigenvalue weighted by molar-refractivity contribution is 5.83. The molecule has 90 valence electrons. The highest BCUT2D eigenvalue weighted by Crippen LogP contribution is 2.42. The number of amides is 1. The second-order valence-corrected chi connectivity index (χ2v) is 5.14. The van der Waals surface area contributed by atoms with E-state index in [2.05, 4.69) is 0 Å². The molecule has 17 heavy (non-hydrogen) atoms. The SMILES string of the molecule is C[C@@H](c1ccc(F)cc1)N1C(=O)[C@@H]2CC[C@H]1C2. The predicted octanol–water partition coefficient (Wildman–Crippen LogP) is 2.90. The number of likely N-dealkylation sites (tertiary alicyclic amines) is 1. The monoisotopic (exact) mass is 233 g/mol. The van der Waals surface area contributed by atoms with Crippen LogP contribution in [0.15, 0.2) is 24.3 Å². The third-order valence-corrected chi connectivity index (χ3v) is 4.17. The van der Waals surface area contributed by atoms with Gasteiger partial charge < -0.3 is 4.90 Å². The van der Waals surface area contributed by atoms with Crippen LogP contribution in [0.4, 0.5) is 4.39 Å². The summed E-state index contributed by atoms with van der Waals surface area (Å²) in [4.78, 5) is 14.1. The number of hydrogen-bond acceptors (Lipinski definition) is 1. The van der Waals surface area contributed by atoms with Crippen molar-refractivity contribution in [1.82, 2.24) is 4.90 Å². The van der Waals surface area contributed by atoms with Crippen molar-refractivity contribution in [2.75, 3.05) is 0 Å². The molecular formula is C14H16FNO. The van der Waals surface area contributed by atoms with Gasteiger partial charge in [0.1, 0.15) is 5.82 Å². The van der Waals surface area contributed by atoms with E-state index in [1.165, 1.54) is 12.1 Å². The van der Waals surface area contributed by atoms with Crippen molar-refractivity contribution in [1.29, 1.82) is 0 Å². The molecule has 1 aromatic rings. The van der Waals surface area contributed by atoms with Gasteiger partial charge in [-0.15, -0.1) is 0 Å². The Morgan fingerprint density at radius 3 is 2.59 bits per heavy atom. The maximum atomic E-state index is 12.9. The summed E-state index contributed by atoms with van der Waals surface area (Å²) >= 11 is 0. The Hall–Kier alpha value is -1.38. The van der Waals surface area contributed by atoms with Crippen LogP contribution in [0.2, 0.25) is 0 Å². The number of carbonyl (C=O) groups is 1. The molecule has 0 N–H and O–H groups in total. The minimum atomic E-state index is -0.227. The smallest absolute Gasteiger partial charge is 0.226 e. The second kappa shape index (κ2) is 3.83. The topological polar surface area (TPSA) is 20.3 Å². The van der Waals surface area contributed by atoms with Gasteiger partial charge in [-0.3, -0.25) is 4.79 Å². The summed E-state index contributed by atoms with van der Waals surface area (Å²) in [6, 6.07) is 6.96. The molecule has 1 heterocycles. The number of benzene rings is 1. The Labute approximate surface area is 100 Å². The van der Waals surface area contributed by atoms with E-state index in [0.717, 1.165) is 24.8 Å². The highest BCUT2D eigenvalue weighted by atomic mass is 19.1. The van der Waals surface area contributed by atoms with Crippen LogP contribution >= 0.6 is 0 Å². The summed E-state index contributed by atoms with van der Waals surface area (Å²) in [5.74, 6) is 0.316. The lowest BCUT2D eigenvalue weighted by molar-refractivity contribution is -0.136. The van der Waals surface area contributed by atoms with Crippen molar-refractivity contribution in [3.05, 3.63) is 35.6 Å². The Morgan fingerprint density at radius 2 is 2.00 bits per heavy atom. The third kappa shape index (κ3) is 1.65. The molecule has 2 nitrogen and oxygen atoms in total. The molecule has 1 saturated heterocycles. The van der Waals surface area contributed by atoms with Crippen LogP contribution in [-0.4, -0.2) is 16.8 Å². The van der Waals surface area contributed by atoms with Crippen LogP contribution in [0.1, 0.15) is 37.8 Å². The first-order valence-electron chi connectivity index (χ1n) is 6.24. The van der Waals surface area contributed by atoms with E-state index in [-0.39, 0.29) is 23.7 Å². The summed E-state index contributed by atoms with van der Waals surface area (Å²) < 4.78 is 12.9. The maximum absolute atomic E-state index is 12.9. The van der Waals surface area contributed by atoms with E-state index in [0.29, 0.717) is 6.04 Å². The minimum Gasteiger partial charge on any atom is -0.333 e. The summed E-state index contributed by atoms with van der Waals surface area (Å²) in [6.45, 7) is 2.03. The van der Waals surface area contributed by atoms with Gasteiger partial charge in [0.25, 0.3) is 0 Å². The van der Waals surface area contributed by atoms with Crippen molar-refractivity contribution >= 4 is 5.91 Å². The molecule has 1 aliphatic heterocycles. The minimum absolute atomic E-state index is 0.0680. The number of halogens is 1. The van der Waals surface area contributed by atoms with E-state index in [1.54, 1.807) is 12.1 Å². The molecule has 2 bridgehead atoms. The molecule has 1 aromatic carbocycles. The van der Waals surface area contributed by atoms with Gasteiger partial charge in [-0.25, -0.2) is 4.39 Å². The molecule has 0 unspecified atom stereocenters. The molecule has 1 aliphatic carbocycles. The number of piperidine rings is 1. The molecule has 2 aliphatic rings. The van der Waals surface area contributed by atoms with Crippen LogP contribution in [0.25, 0.3) is 0 Å². The standard InChI is InChI=1S/C14H16FNO/c1-9(10-2-5-12(15)6-3-10)16-13-7-4-11(8-13)14(16)17/h2-3,5-6,9,11,13H,4,7-8H2,1H3/t9-,11+,13-/m0/s1. The lowest BCUT2D eigenvalue weighted by Gasteiger charge is -2.33. The zero-order valence-corrected chi connectivity index (χ0v) is 9.90. The Balaban J connectivity index is 1.85. The van der Waals surface area contributed by atoms with Crippen molar-refractivity contribution in [3.8, 4) is 0 Å². The van der Waals surface area contributed by atoms with Gasteiger partial charge in [-0.05, 0) is 43.9 Å². The maximum Gasteiger partial charge on any atom is 0.226 e. The van der Waals surface area contributed by atoms with Crippen LogP contribution in [-0.2, 0) is 4.79 Å². The molecule has 1 saturated carbocycles. The molecule has 1 amide bonds. The fourth-order valence-electron chi connectivity index (χ4n) is 3.23. The fraction of sp³-hybridized carbons (Fsp3) is 0.500. The van der Waals surface area contributed by atoms with Crippen molar-refractivity contribution in [3.63, 3.8) is 0 Å². The first kappa shape index (κ1) is 10.8. The second-order valence-electron chi connectivity index (χ2n) is 5.14. The van der Waals surface area contributed by atoms with Gasteiger partial charge in [0.05, 0.1) is 6.04 Å². The summed E-state index contributed by atoms with van der Waals surface area (Å²) in [5.41, 5.74) is 1.02. The van der Waals surface area contributed by atoms with Gasteiger partial charge in [0.15, 0.2) is 0 Å². The Kier molecular flexibility index (Phi) is 2.42. The molecule has 0 spiro atoms. The van der Waals surface area contributed by atoms with Gasteiger partial charge in [-0.1, -0.05) is 12.1 Å². The lowest BCUT2D eigenvalue weighted by Crippen LogP contribution is -2.38. The number of carbonyl (C=O) groups excluding carboxylic acids is 1. The van der Waals surface area contributed by atoms with Crippen molar-refractivity contribution < 1.29 is 9.18 Å². The van der Waals surface area contributed by atoms with Gasteiger partial charge in [0, 0.05) is 12.0 Å². The number of fused-ring (bicyclic) bond motifs is 2. The van der Waals surface area contributed by atoms with Gasteiger partial charge in [0.2, 0.25) is 5.91 Å². The first-order chi connectivity index (χ1) is 8.16.